The summed E-state index contributed by atoms with van der Waals surface area (Å²) in [6, 6.07) is 5.49. The summed E-state index contributed by atoms with van der Waals surface area (Å²) in [5.41, 5.74) is 0.796. The van der Waals surface area contributed by atoms with Gasteiger partial charge in [-0.25, -0.2) is 4.39 Å². The fourth-order valence-corrected chi connectivity index (χ4v) is 3.45. The van der Waals surface area contributed by atoms with Gasteiger partial charge in [-0.2, -0.15) is 0 Å². The Labute approximate surface area is 128 Å². The summed E-state index contributed by atoms with van der Waals surface area (Å²) in [6.45, 7) is 4.22. The number of rotatable bonds is 8. The van der Waals surface area contributed by atoms with Crippen LogP contribution in [0.4, 0.5) is 4.39 Å². The average Bonchev–Trinajstić information content (AvgIpc) is 3.02. The number of ether oxygens (including phenoxy) is 1. The van der Waals surface area contributed by atoms with E-state index in [1.54, 1.807) is 6.07 Å². The molecular weight excluding hydrogens is 265 g/mol. The molecule has 21 heavy (non-hydrogen) atoms. The van der Waals surface area contributed by atoms with Crippen LogP contribution >= 0.6 is 0 Å². The van der Waals surface area contributed by atoms with Crippen molar-refractivity contribution in [1.82, 2.24) is 5.32 Å². The van der Waals surface area contributed by atoms with E-state index in [0.717, 1.165) is 37.4 Å². The van der Waals surface area contributed by atoms with Crippen LogP contribution in [0.1, 0.15) is 44.6 Å². The number of methoxy groups -OCH3 is 1. The Kier molecular flexibility index (Phi) is 6.50. The molecule has 0 amide bonds. The maximum Gasteiger partial charge on any atom is 0.168 e. The average molecular weight is 293 g/mol. The molecule has 3 heteroatoms. The second-order valence-corrected chi connectivity index (χ2v) is 6.15. The van der Waals surface area contributed by atoms with Gasteiger partial charge in [0.2, 0.25) is 0 Å². The number of hydrogen-bond acceptors (Lipinski definition) is 2. The standard InChI is InChI=1S/C18H28FNO/c1-3-11-20-13-16(14-7-4-5-8-14)12-15-9-6-10-17(21-2)18(15)19/h6,9-10,14,16,20H,3-5,7-8,11-13H2,1-2H3. The van der Waals surface area contributed by atoms with Crippen molar-refractivity contribution in [2.24, 2.45) is 11.8 Å². The van der Waals surface area contributed by atoms with E-state index in [2.05, 4.69) is 12.2 Å². The lowest BCUT2D eigenvalue weighted by Gasteiger charge is -2.24. The predicted molar refractivity (Wildman–Crippen MR) is 85.3 cm³/mol. The molecule has 1 N–H and O–H groups in total. The number of hydrogen-bond donors (Lipinski definition) is 1. The van der Waals surface area contributed by atoms with Gasteiger partial charge in [-0.15, -0.1) is 0 Å². The van der Waals surface area contributed by atoms with Crippen LogP contribution < -0.4 is 10.1 Å². The van der Waals surface area contributed by atoms with Crippen LogP contribution in [0.15, 0.2) is 18.2 Å². The van der Waals surface area contributed by atoms with Crippen molar-refractivity contribution in [1.29, 1.82) is 0 Å². The number of benzene rings is 1. The van der Waals surface area contributed by atoms with Crippen LogP contribution in [0.5, 0.6) is 5.75 Å². The van der Waals surface area contributed by atoms with Gasteiger partial charge < -0.3 is 10.1 Å². The van der Waals surface area contributed by atoms with E-state index in [9.17, 15) is 4.39 Å². The lowest BCUT2D eigenvalue weighted by atomic mass is 9.85. The van der Waals surface area contributed by atoms with Crippen LogP contribution in [0.3, 0.4) is 0 Å². The van der Waals surface area contributed by atoms with Crippen molar-refractivity contribution >= 4 is 0 Å². The molecule has 0 saturated heterocycles. The molecule has 1 atom stereocenters. The molecular formula is C18H28FNO. The highest BCUT2D eigenvalue weighted by molar-refractivity contribution is 5.31. The minimum atomic E-state index is -0.182. The first-order chi connectivity index (χ1) is 10.3. The Morgan fingerprint density at radius 1 is 1.33 bits per heavy atom. The van der Waals surface area contributed by atoms with Gasteiger partial charge in [-0.3, -0.25) is 0 Å². The van der Waals surface area contributed by atoms with Gasteiger partial charge in [-0.05, 0) is 49.4 Å². The summed E-state index contributed by atoms with van der Waals surface area (Å²) in [6.07, 6.45) is 7.20. The normalized spacial score (nSPS) is 17.1. The molecule has 1 aliphatic carbocycles. The fraction of sp³-hybridized carbons (Fsp3) is 0.667. The molecule has 0 bridgehead atoms. The molecule has 2 rings (SSSR count). The summed E-state index contributed by atoms with van der Waals surface area (Å²) in [5.74, 6) is 1.44. The Bertz CT molecular complexity index is 429. The third kappa shape index (κ3) is 4.44. The van der Waals surface area contributed by atoms with Crippen molar-refractivity contribution in [3.8, 4) is 5.75 Å². The van der Waals surface area contributed by atoms with Gasteiger partial charge >= 0.3 is 0 Å². The van der Waals surface area contributed by atoms with Crippen LogP contribution in [0.25, 0.3) is 0 Å². The highest BCUT2D eigenvalue weighted by Crippen LogP contribution is 2.34. The van der Waals surface area contributed by atoms with Crippen LogP contribution in [-0.4, -0.2) is 20.2 Å². The lowest BCUT2D eigenvalue weighted by Crippen LogP contribution is -2.29. The largest absolute Gasteiger partial charge is 0.494 e. The summed E-state index contributed by atoms with van der Waals surface area (Å²) in [5, 5.41) is 3.53. The zero-order valence-corrected chi connectivity index (χ0v) is 13.3. The first-order valence-corrected chi connectivity index (χ1v) is 8.28. The van der Waals surface area contributed by atoms with Gasteiger partial charge in [-0.1, -0.05) is 44.7 Å². The molecule has 0 spiro atoms. The first-order valence-electron chi connectivity index (χ1n) is 8.28. The van der Waals surface area contributed by atoms with E-state index in [1.807, 2.05) is 12.1 Å². The Morgan fingerprint density at radius 2 is 2.10 bits per heavy atom. The molecule has 0 aliphatic heterocycles. The second kappa shape index (κ2) is 8.38. The summed E-state index contributed by atoms with van der Waals surface area (Å²) in [7, 11) is 1.53. The fourth-order valence-electron chi connectivity index (χ4n) is 3.45. The summed E-state index contributed by atoms with van der Waals surface area (Å²) < 4.78 is 19.5. The van der Waals surface area contributed by atoms with Crippen LogP contribution in [0.2, 0.25) is 0 Å². The van der Waals surface area contributed by atoms with Crippen molar-refractivity contribution in [2.75, 3.05) is 20.2 Å². The Hall–Kier alpha value is -1.09. The first kappa shape index (κ1) is 16.3. The van der Waals surface area contributed by atoms with Gasteiger partial charge in [0.1, 0.15) is 0 Å². The molecule has 1 aromatic rings. The molecule has 0 heterocycles. The molecule has 1 aromatic carbocycles. The van der Waals surface area contributed by atoms with Gasteiger partial charge in [0.05, 0.1) is 7.11 Å². The summed E-state index contributed by atoms with van der Waals surface area (Å²) in [4.78, 5) is 0. The number of nitrogens with one attached hydrogen (secondary N) is 1. The topological polar surface area (TPSA) is 21.3 Å². The maximum absolute atomic E-state index is 14.4. The highest BCUT2D eigenvalue weighted by atomic mass is 19.1. The van der Waals surface area contributed by atoms with Crippen molar-refractivity contribution in [2.45, 2.75) is 45.4 Å². The van der Waals surface area contributed by atoms with Crippen molar-refractivity contribution in [3.05, 3.63) is 29.6 Å². The monoisotopic (exact) mass is 293 g/mol. The molecule has 2 nitrogen and oxygen atoms in total. The molecule has 1 saturated carbocycles. The van der Waals surface area contributed by atoms with E-state index in [1.165, 1.54) is 32.8 Å². The van der Waals surface area contributed by atoms with Crippen molar-refractivity contribution in [3.63, 3.8) is 0 Å². The molecule has 1 unspecified atom stereocenters. The smallest absolute Gasteiger partial charge is 0.168 e. The predicted octanol–water partition coefficient (Wildman–Crippen LogP) is 4.18. The van der Waals surface area contributed by atoms with Crippen LogP contribution in [0, 0.1) is 17.7 Å². The minimum Gasteiger partial charge on any atom is -0.494 e. The van der Waals surface area contributed by atoms with Gasteiger partial charge in [0, 0.05) is 0 Å². The molecule has 0 aromatic heterocycles. The van der Waals surface area contributed by atoms with Crippen molar-refractivity contribution < 1.29 is 9.13 Å². The highest BCUT2D eigenvalue weighted by Gasteiger charge is 2.26. The van der Waals surface area contributed by atoms with Gasteiger partial charge in [0.15, 0.2) is 11.6 Å². The van der Waals surface area contributed by atoms with E-state index in [0.29, 0.717) is 11.7 Å². The molecule has 1 fully saturated rings. The third-order valence-corrected chi connectivity index (χ3v) is 4.65. The summed E-state index contributed by atoms with van der Waals surface area (Å²) >= 11 is 0. The maximum atomic E-state index is 14.4. The Morgan fingerprint density at radius 3 is 2.76 bits per heavy atom. The van der Waals surface area contributed by atoms with E-state index < -0.39 is 0 Å². The van der Waals surface area contributed by atoms with Crippen LogP contribution in [-0.2, 0) is 6.42 Å². The molecule has 0 radical (unpaired) electrons. The van der Waals surface area contributed by atoms with E-state index >= 15 is 0 Å². The third-order valence-electron chi connectivity index (χ3n) is 4.65. The minimum absolute atomic E-state index is 0.182. The van der Waals surface area contributed by atoms with E-state index in [-0.39, 0.29) is 5.82 Å². The molecule has 1 aliphatic rings. The zero-order valence-electron chi connectivity index (χ0n) is 13.3. The lowest BCUT2D eigenvalue weighted by molar-refractivity contribution is 0.315. The Balaban J connectivity index is 2.06. The second-order valence-electron chi connectivity index (χ2n) is 6.15. The quantitative estimate of drug-likeness (QED) is 0.726. The van der Waals surface area contributed by atoms with Gasteiger partial charge in [0.25, 0.3) is 0 Å². The van der Waals surface area contributed by atoms with E-state index in [4.69, 9.17) is 4.74 Å². The number of halogens is 1. The SMILES string of the molecule is CCCNCC(Cc1cccc(OC)c1F)C1CCCC1. The zero-order chi connectivity index (χ0) is 15.1. The molecule has 118 valence electrons.